The van der Waals surface area contributed by atoms with Crippen molar-refractivity contribution in [2.24, 2.45) is 5.92 Å². The van der Waals surface area contributed by atoms with Crippen LogP contribution in [0.4, 0.5) is 5.69 Å². The van der Waals surface area contributed by atoms with Gasteiger partial charge in [0, 0.05) is 31.6 Å². The van der Waals surface area contributed by atoms with Gasteiger partial charge in [0.2, 0.25) is 15.9 Å². The maximum atomic E-state index is 12.9. The lowest BCUT2D eigenvalue weighted by atomic mass is 9.96. The molecule has 2 aromatic carbocycles. The van der Waals surface area contributed by atoms with Gasteiger partial charge in [0.25, 0.3) is 5.69 Å². The summed E-state index contributed by atoms with van der Waals surface area (Å²) in [5.74, 6) is -0.178. The van der Waals surface area contributed by atoms with E-state index in [1.54, 1.807) is 0 Å². The number of amides is 1. The molecule has 8 nitrogen and oxygen atoms in total. The Balaban J connectivity index is 1.58. The van der Waals surface area contributed by atoms with Crippen LogP contribution in [-0.4, -0.2) is 43.2 Å². The Morgan fingerprint density at radius 3 is 2.48 bits per heavy atom. The van der Waals surface area contributed by atoms with Crippen molar-refractivity contribution in [1.29, 1.82) is 0 Å². The smallest absolute Gasteiger partial charge is 0.289 e. The molecule has 0 radical (unpaired) electrons. The molecule has 31 heavy (non-hydrogen) atoms. The van der Waals surface area contributed by atoms with Crippen molar-refractivity contribution in [3.05, 3.63) is 69.2 Å². The van der Waals surface area contributed by atoms with Crippen molar-refractivity contribution in [3.63, 3.8) is 0 Å². The number of piperidine rings is 1. The third kappa shape index (κ3) is 5.41. The van der Waals surface area contributed by atoms with Gasteiger partial charge in [-0.1, -0.05) is 48.9 Å². The molecule has 1 unspecified atom stereocenters. The lowest BCUT2D eigenvalue weighted by molar-refractivity contribution is -0.384. The van der Waals surface area contributed by atoms with E-state index < -0.39 is 20.6 Å². The Hall–Kier alpha value is -2.49. The SMILES string of the molecule is CC(CNC(=O)C1CCN(S(=O)(=O)c2ccc(Cl)c([N+](=O)[O-])c2)CC1)c1ccccc1. The highest BCUT2D eigenvalue weighted by Gasteiger charge is 2.33. The molecule has 3 rings (SSSR count). The molecule has 0 bridgehead atoms. The number of nitro groups is 1. The lowest BCUT2D eigenvalue weighted by Crippen LogP contribution is -2.43. The largest absolute Gasteiger partial charge is 0.355 e. The third-order valence-electron chi connectivity index (χ3n) is 5.53. The first-order valence-corrected chi connectivity index (χ1v) is 11.8. The van der Waals surface area contributed by atoms with Crippen LogP contribution in [0, 0.1) is 16.0 Å². The first kappa shape index (κ1) is 23.2. The number of hydrogen-bond acceptors (Lipinski definition) is 5. The molecule has 0 aliphatic carbocycles. The van der Waals surface area contributed by atoms with Crippen LogP contribution in [0.2, 0.25) is 5.02 Å². The van der Waals surface area contributed by atoms with E-state index in [0.717, 1.165) is 11.6 Å². The predicted molar refractivity (Wildman–Crippen MR) is 117 cm³/mol. The van der Waals surface area contributed by atoms with Gasteiger partial charge in [0.05, 0.1) is 9.82 Å². The summed E-state index contributed by atoms with van der Waals surface area (Å²) in [6.45, 7) is 2.89. The van der Waals surface area contributed by atoms with Gasteiger partial charge in [-0.2, -0.15) is 4.31 Å². The van der Waals surface area contributed by atoms with Crippen LogP contribution >= 0.6 is 11.6 Å². The Kier molecular flexibility index (Phi) is 7.30. The van der Waals surface area contributed by atoms with E-state index in [2.05, 4.69) is 5.32 Å². The molecule has 1 saturated heterocycles. The second-order valence-corrected chi connectivity index (χ2v) is 9.95. The first-order chi connectivity index (χ1) is 14.7. The molecule has 1 N–H and O–H groups in total. The van der Waals surface area contributed by atoms with Gasteiger partial charge < -0.3 is 5.32 Å². The van der Waals surface area contributed by atoms with Gasteiger partial charge in [-0.3, -0.25) is 14.9 Å². The number of halogens is 1. The fourth-order valence-electron chi connectivity index (χ4n) is 3.60. The third-order valence-corrected chi connectivity index (χ3v) is 7.74. The maximum absolute atomic E-state index is 12.9. The average molecular weight is 466 g/mol. The number of carbonyl (C=O) groups excluding carboxylic acids is 1. The normalized spacial score (nSPS) is 16.6. The molecular weight excluding hydrogens is 442 g/mol. The van der Waals surface area contributed by atoms with E-state index in [4.69, 9.17) is 11.6 Å². The van der Waals surface area contributed by atoms with E-state index in [1.165, 1.54) is 16.4 Å². The number of nitro benzene ring substituents is 1. The van der Waals surface area contributed by atoms with Gasteiger partial charge in [0.1, 0.15) is 5.02 Å². The summed E-state index contributed by atoms with van der Waals surface area (Å²) in [6, 6.07) is 13.3. The molecule has 1 aliphatic heterocycles. The highest BCUT2D eigenvalue weighted by atomic mass is 35.5. The number of rotatable bonds is 7. The molecule has 1 heterocycles. The topological polar surface area (TPSA) is 110 Å². The van der Waals surface area contributed by atoms with Gasteiger partial charge >= 0.3 is 0 Å². The van der Waals surface area contributed by atoms with Crippen LogP contribution < -0.4 is 5.32 Å². The molecule has 1 atom stereocenters. The fraction of sp³-hybridized carbons (Fsp3) is 0.381. The highest BCUT2D eigenvalue weighted by molar-refractivity contribution is 7.89. The zero-order valence-corrected chi connectivity index (χ0v) is 18.6. The fourth-order valence-corrected chi connectivity index (χ4v) is 5.27. The second kappa shape index (κ2) is 9.76. The quantitative estimate of drug-likeness (QED) is 0.496. The van der Waals surface area contributed by atoms with Crippen molar-refractivity contribution < 1.29 is 18.1 Å². The summed E-state index contributed by atoms with van der Waals surface area (Å²) < 4.78 is 27.0. The summed E-state index contributed by atoms with van der Waals surface area (Å²) in [5.41, 5.74) is 0.685. The van der Waals surface area contributed by atoms with Crippen LogP contribution in [0.5, 0.6) is 0 Å². The molecule has 10 heteroatoms. The molecule has 0 aromatic heterocycles. The number of nitrogens with zero attached hydrogens (tertiary/aromatic N) is 2. The molecule has 166 valence electrons. The molecule has 1 amide bonds. The monoisotopic (exact) mass is 465 g/mol. The molecule has 1 fully saturated rings. The predicted octanol–water partition coefficient (Wildman–Crippen LogP) is 3.57. The summed E-state index contributed by atoms with van der Waals surface area (Å²) in [7, 11) is -3.91. The minimum absolute atomic E-state index is 0.0815. The zero-order chi connectivity index (χ0) is 22.6. The van der Waals surface area contributed by atoms with Crippen LogP contribution in [-0.2, 0) is 14.8 Å². The molecule has 0 saturated carbocycles. The van der Waals surface area contributed by atoms with Crippen LogP contribution in [0.3, 0.4) is 0 Å². The van der Waals surface area contributed by atoms with Gasteiger partial charge in [-0.15, -0.1) is 0 Å². The van der Waals surface area contributed by atoms with Crippen LogP contribution in [0.1, 0.15) is 31.2 Å². The maximum Gasteiger partial charge on any atom is 0.289 e. The lowest BCUT2D eigenvalue weighted by Gasteiger charge is -2.30. The number of benzene rings is 2. The molecule has 2 aromatic rings. The second-order valence-electron chi connectivity index (χ2n) is 7.61. The van der Waals surface area contributed by atoms with E-state index in [0.29, 0.717) is 19.4 Å². The standard InChI is InChI=1S/C21H24ClN3O5S/c1-15(16-5-3-2-4-6-16)14-23-21(26)17-9-11-24(12-10-17)31(29,30)18-7-8-19(22)20(13-18)25(27)28/h2-8,13,15,17H,9-12,14H2,1H3,(H,23,26). The Bertz CT molecular complexity index is 1050. The Morgan fingerprint density at radius 2 is 1.87 bits per heavy atom. The highest BCUT2D eigenvalue weighted by Crippen LogP contribution is 2.30. The molecule has 0 spiro atoms. The van der Waals surface area contributed by atoms with E-state index >= 15 is 0 Å². The Labute approximate surface area is 186 Å². The van der Waals surface area contributed by atoms with Crippen molar-refractivity contribution in [1.82, 2.24) is 9.62 Å². The van der Waals surface area contributed by atoms with Gasteiger partial charge in [0.15, 0.2) is 0 Å². The van der Waals surface area contributed by atoms with Crippen LogP contribution in [0.15, 0.2) is 53.4 Å². The first-order valence-electron chi connectivity index (χ1n) is 9.97. The minimum atomic E-state index is -3.91. The van der Waals surface area contributed by atoms with Crippen molar-refractivity contribution in [2.75, 3.05) is 19.6 Å². The summed E-state index contributed by atoms with van der Waals surface area (Å²) in [5, 5.41) is 13.9. The molecule has 1 aliphatic rings. The number of sulfonamides is 1. The van der Waals surface area contributed by atoms with Crippen molar-refractivity contribution >= 4 is 33.2 Å². The van der Waals surface area contributed by atoms with Crippen molar-refractivity contribution in [2.45, 2.75) is 30.6 Å². The average Bonchev–Trinajstić information content (AvgIpc) is 2.77. The van der Waals surface area contributed by atoms with Crippen LogP contribution in [0.25, 0.3) is 0 Å². The number of nitrogens with one attached hydrogen (secondary N) is 1. The molecular formula is C21H24ClN3O5S. The zero-order valence-electron chi connectivity index (χ0n) is 17.0. The van der Waals surface area contributed by atoms with E-state index in [-0.39, 0.29) is 40.8 Å². The van der Waals surface area contributed by atoms with Gasteiger partial charge in [-0.25, -0.2) is 8.42 Å². The number of carbonyl (C=O) groups is 1. The van der Waals surface area contributed by atoms with E-state index in [1.807, 2.05) is 37.3 Å². The minimum Gasteiger partial charge on any atom is -0.355 e. The Morgan fingerprint density at radius 1 is 1.23 bits per heavy atom. The summed E-state index contributed by atoms with van der Waals surface area (Å²) in [4.78, 5) is 22.7. The summed E-state index contributed by atoms with van der Waals surface area (Å²) in [6.07, 6.45) is 0.779. The van der Waals surface area contributed by atoms with Gasteiger partial charge in [-0.05, 0) is 36.5 Å². The summed E-state index contributed by atoms with van der Waals surface area (Å²) >= 11 is 5.78. The number of hydrogen-bond donors (Lipinski definition) is 1. The van der Waals surface area contributed by atoms with E-state index in [9.17, 15) is 23.3 Å². The van der Waals surface area contributed by atoms with Crippen molar-refractivity contribution in [3.8, 4) is 0 Å².